The number of halogens is 1. The number of hydrogen-bond donors (Lipinski definition) is 1. The molecule has 0 aliphatic carbocycles. The normalized spacial score (nSPS) is 10.9. The summed E-state index contributed by atoms with van der Waals surface area (Å²) in [7, 11) is 0. The van der Waals surface area contributed by atoms with Crippen LogP contribution in [0.3, 0.4) is 0 Å². The number of carbonyl (C=O) groups excluding carboxylic acids is 1. The van der Waals surface area contributed by atoms with Crippen LogP contribution in [0.25, 0.3) is 5.69 Å². The first-order valence-electron chi connectivity index (χ1n) is 10.5. The molecule has 1 N–H and O–H groups in total. The molecule has 4 aromatic rings. The Kier molecular flexibility index (Phi) is 7.09. The number of nitrogens with zero attached hydrogens (tertiary/aromatic N) is 5. The second kappa shape index (κ2) is 10.4. The van der Waals surface area contributed by atoms with Crippen molar-refractivity contribution < 1.29 is 9.18 Å². The average molecular weight is 463 g/mol. The van der Waals surface area contributed by atoms with Crippen LogP contribution in [-0.4, -0.2) is 37.4 Å². The lowest BCUT2D eigenvalue weighted by Gasteiger charge is -2.09. The van der Waals surface area contributed by atoms with Crippen molar-refractivity contribution in [1.29, 1.82) is 0 Å². The summed E-state index contributed by atoms with van der Waals surface area (Å²) in [6, 6.07) is 17.7. The van der Waals surface area contributed by atoms with Gasteiger partial charge in [-0.2, -0.15) is 0 Å². The van der Waals surface area contributed by atoms with Gasteiger partial charge in [-0.3, -0.25) is 4.79 Å². The van der Waals surface area contributed by atoms with E-state index in [1.165, 1.54) is 23.9 Å². The first-order chi connectivity index (χ1) is 16.0. The molecule has 2 aromatic carbocycles. The van der Waals surface area contributed by atoms with Gasteiger partial charge in [-0.05, 0) is 56.2 Å². The maximum Gasteiger partial charge on any atom is 0.273 e. The molecule has 0 radical (unpaired) electrons. The Morgan fingerprint density at radius 2 is 1.73 bits per heavy atom. The molecular weight excluding hydrogens is 439 g/mol. The maximum absolute atomic E-state index is 13.4. The van der Waals surface area contributed by atoms with Crippen molar-refractivity contribution in [3.8, 4) is 5.69 Å². The SMILES string of the molecule is Cc1cc(C)nc(SCc2c(C(=O)NCCc3ccccc3)nnn2-c2ccc(F)cc2)n1. The van der Waals surface area contributed by atoms with Crippen LogP contribution in [0.4, 0.5) is 4.39 Å². The molecule has 2 aromatic heterocycles. The third kappa shape index (κ3) is 5.81. The summed E-state index contributed by atoms with van der Waals surface area (Å²) in [5, 5.41) is 11.9. The minimum absolute atomic E-state index is 0.226. The number of thioether (sulfide) groups is 1. The molecule has 0 saturated heterocycles. The van der Waals surface area contributed by atoms with Gasteiger partial charge in [0.2, 0.25) is 0 Å². The fraction of sp³-hybridized carbons (Fsp3) is 0.208. The molecule has 0 unspecified atom stereocenters. The van der Waals surface area contributed by atoms with Crippen LogP contribution in [0.2, 0.25) is 0 Å². The van der Waals surface area contributed by atoms with Crippen LogP contribution >= 0.6 is 11.8 Å². The topological polar surface area (TPSA) is 85.6 Å². The molecular formula is C24H23FN6OS. The lowest BCUT2D eigenvalue weighted by Crippen LogP contribution is -2.27. The number of aryl methyl sites for hydroxylation is 2. The van der Waals surface area contributed by atoms with Crippen molar-refractivity contribution in [2.24, 2.45) is 0 Å². The molecule has 4 rings (SSSR count). The Hall–Kier alpha value is -3.59. The van der Waals surface area contributed by atoms with Gasteiger partial charge in [-0.25, -0.2) is 19.0 Å². The Morgan fingerprint density at radius 3 is 2.42 bits per heavy atom. The van der Waals surface area contributed by atoms with E-state index in [0.717, 1.165) is 17.0 Å². The van der Waals surface area contributed by atoms with E-state index in [-0.39, 0.29) is 17.4 Å². The summed E-state index contributed by atoms with van der Waals surface area (Å²) < 4.78 is 15.0. The van der Waals surface area contributed by atoms with Gasteiger partial charge in [0.25, 0.3) is 5.91 Å². The van der Waals surface area contributed by atoms with Crippen molar-refractivity contribution in [2.45, 2.75) is 31.2 Å². The van der Waals surface area contributed by atoms with Gasteiger partial charge in [-0.15, -0.1) is 5.10 Å². The van der Waals surface area contributed by atoms with E-state index < -0.39 is 0 Å². The number of hydrogen-bond acceptors (Lipinski definition) is 6. The predicted molar refractivity (Wildman–Crippen MR) is 125 cm³/mol. The maximum atomic E-state index is 13.4. The second-order valence-electron chi connectivity index (χ2n) is 7.49. The molecule has 7 nitrogen and oxygen atoms in total. The summed E-state index contributed by atoms with van der Waals surface area (Å²) in [6.07, 6.45) is 0.708. The molecule has 168 valence electrons. The highest BCUT2D eigenvalue weighted by atomic mass is 32.2. The average Bonchev–Trinajstić information content (AvgIpc) is 3.22. The van der Waals surface area contributed by atoms with Gasteiger partial charge < -0.3 is 5.32 Å². The molecule has 33 heavy (non-hydrogen) atoms. The number of amides is 1. The van der Waals surface area contributed by atoms with E-state index in [1.807, 2.05) is 50.2 Å². The van der Waals surface area contributed by atoms with Gasteiger partial charge in [0.15, 0.2) is 10.9 Å². The highest BCUT2D eigenvalue weighted by Crippen LogP contribution is 2.24. The van der Waals surface area contributed by atoms with Gasteiger partial charge in [-0.1, -0.05) is 47.3 Å². The van der Waals surface area contributed by atoms with Crippen molar-refractivity contribution in [3.05, 3.63) is 94.8 Å². The molecule has 0 fully saturated rings. The smallest absolute Gasteiger partial charge is 0.273 e. The molecule has 0 saturated carbocycles. The van der Waals surface area contributed by atoms with Gasteiger partial charge in [0.05, 0.1) is 11.4 Å². The third-order valence-corrected chi connectivity index (χ3v) is 5.75. The van der Waals surface area contributed by atoms with E-state index in [0.29, 0.717) is 35.3 Å². The van der Waals surface area contributed by atoms with Gasteiger partial charge in [0.1, 0.15) is 5.82 Å². The molecule has 9 heteroatoms. The fourth-order valence-electron chi connectivity index (χ4n) is 3.34. The molecule has 0 bridgehead atoms. The zero-order valence-corrected chi connectivity index (χ0v) is 19.1. The first kappa shape index (κ1) is 22.6. The predicted octanol–water partition coefficient (Wildman–Crippen LogP) is 4.08. The Labute approximate surface area is 195 Å². The summed E-state index contributed by atoms with van der Waals surface area (Å²) in [5.74, 6) is -0.289. The minimum atomic E-state index is -0.350. The molecule has 1 amide bonds. The third-order valence-electron chi connectivity index (χ3n) is 4.89. The van der Waals surface area contributed by atoms with Crippen molar-refractivity contribution in [2.75, 3.05) is 6.54 Å². The summed E-state index contributed by atoms with van der Waals surface area (Å²) >= 11 is 1.39. The van der Waals surface area contributed by atoms with E-state index in [9.17, 15) is 9.18 Å². The second-order valence-corrected chi connectivity index (χ2v) is 8.43. The first-order valence-corrected chi connectivity index (χ1v) is 11.5. The standard InChI is InChI=1S/C24H23FN6OS/c1-16-14-17(2)28-24(27-16)33-15-21-22(23(32)26-13-12-18-6-4-3-5-7-18)29-30-31(21)20-10-8-19(25)9-11-20/h3-11,14H,12-13,15H2,1-2H3,(H,26,32). The zero-order valence-electron chi connectivity index (χ0n) is 18.3. The van der Waals surface area contributed by atoms with Crippen LogP contribution in [0.1, 0.15) is 33.1 Å². The monoisotopic (exact) mass is 462 g/mol. The van der Waals surface area contributed by atoms with Crippen LogP contribution in [0, 0.1) is 19.7 Å². The molecule has 2 heterocycles. The number of carbonyl (C=O) groups is 1. The zero-order chi connectivity index (χ0) is 23.2. The Morgan fingerprint density at radius 1 is 1.03 bits per heavy atom. The number of benzene rings is 2. The minimum Gasteiger partial charge on any atom is -0.350 e. The van der Waals surface area contributed by atoms with Crippen molar-refractivity contribution in [1.82, 2.24) is 30.3 Å². The Balaban J connectivity index is 1.56. The Bertz CT molecular complexity index is 1220. The highest BCUT2D eigenvalue weighted by Gasteiger charge is 2.21. The van der Waals surface area contributed by atoms with Crippen LogP contribution in [-0.2, 0) is 12.2 Å². The highest BCUT2D eigenvalue weighted by molar-refractivity contribution is 7.98. The molecule has 0 aliphatic heterocycles. The van der Waals surface area contributed by atoms with E-state index >= 15 is 0 Å². The van der Waals surface area contributed by atoms with E-state index in [1.54, 1.807) is 16.8 Å². The van der Waals surface area contributed by atoms with Crippen molar-refractivity contribution in [3.63, 3.8) is 0 Å². The van der Waals surface area contributed by atoms with Crippen LogP contribution < -0.4 is 5.32 Å². The molecule has 0 aliphatic rings. The number of nitrogens with one attached hydrogen (secondary N) is 1. The quantitative estimate of drug-likeness (QED) is 0.314. The lowest BCUT2D eigenvalue weighted by molar-refractivity contribution is 0.0948. The van der Waals surface area contributed by atoms with Gasteiger partial charge in [0, 0.05) is 23.7 Å². The van der Waals surface area contributed by atoms with Gasteiger partial charge >= 0.3 is 0 Å². The lowest BCUT2D eigenvalue weighted by atomic mass is 10.1. The summed E-state index contributed by atoms with van der Waals surface area (Å²) in [6.45, 7) is 4.29. The van der Waals surface area contributed by atoms with E-state index in [2.05, 4.69) is 25.6 Å². The van der Waals surface area contributed by atoms with Crippen LogP contribution in [0.5, 0.6) is 0 Å². The van der Waals surface area contributed by atoms with E-state index in [4.69, 9.17) is 0 Å². The summed E-state index contributed by atoms with van der Waals surface area (Å²) in [4.78, 5) is 21.9. The number of aromatic nitrogens is 5. The largest absolute Gasteiger partial charge is 0.350 e. The van der Waals surface area contributed by atoms with Crippen LogP contribution in [0.15, 0.2) is 65.8 Å². The van der Waals surface area contributed by atoms with Crippen molar-refractivity contribution >= 4 is 17.7 Å². The number of rotatable bonds is 8. The fourth-order valence-corrected chi connectivity index (χ4v) is 4.28. The molecule has 0 atom stereocenters. The summed E-state index contributed by atoms with van der Waals surface area (Å²) in [5.41, 5.74) is 4.30. The molecule has 0 spiro atoms.